The second kappa shape index (κ2) is 48.5. The molecule has 0 bridgehead atoms. The molecule has 1 unspecified atom stereocenters. The van der Waals surface area contributed by atoms with Gasteiger partial charge in [-0.3, -0.25) is 4.79 Å². The van der Waals surface area contributed by atoms with E-state index in [-0.39, 0.29) is 12.6 Å². The first-order valence-corrected chi connectivity index (χ1v) is 25.1. The average molecular weight is 765 g/mol. The highest BCUT2D eigenvalue weighted by molar-refractivity contribution is 5.69. The summed E-state index contributed by atoms with van der Waals surface area (Å²) in [5.41, 5.74) is 0. The second-order valence-electron chi connectivity index (χ2n) is 17.3. The standard InChI is InChI=1S/C50H100O4/c1-3-5-7-9-11-13-15-17-19-21-23-24-25-26-27-28-29-31-33-35-37-39-41-43-45-50(52)54-49(47-51)48-53-46-44-42-40-38-36-34-32-30-22-20-18-16-14-12-10-8-6-4-2/h49,51H,3-48H2,1-2H3. The fourth-order valence-electron chi connectivity index (χ4n) is 7.92. The number of carbonyl (C=O) groups excluding carboxylic acids is 1. The lowest BCUT2D eigenvalue weighted by molar-refractivity contribution is -0.154. The van der Waals surface area contributed by atoms with Gasteiger partial charge in [0.25, 0.3) is 0 Å². The van der Waals surface area contributed by atoms with E-state index in [1.165, 1.54) is 250 Å². The van der Waals surface area contributed by atoms with Crippen molar-refractivity contribution in [2.75, 3.05) is 19.8 Å². The van der Waals surface area contributed by atoms with Gasteiger partial charge in [0.15, 0.2) is 0 Å². The molecule has 0 fully saturated rings. The van der Waals surface area contributed by atoms with E-state index < -0.39 is 6.10 Å². The Morgan fingerprint density at radius 1 is 0.370 bits per heavy atom. The normalized spacial score (nSPS) is 12.1. The van der Waals surface area contributed by atoms with Crippen LogP contribution in [0.3, 0.4) is 0 Å². The van der Waals surface area contributed by atoms with Gasteiger partial charge in [-0.05, 0) is 12.8 Å². The summed E-state index contributed by atoms with van der Waals surface area (Å²) in [6.07, 6.45) is 57.7. The number of esters is 1. The van der Waals surface area contributed by atoms with Crippen molar-refractivity contribution in [3.63, 3.8) is 0 Å². The number of aliphatic hydroxyl groups excluding tert-OH is 1. The average Bonchev–Trinajstić information content (AvgIpc) is 3.18. The molecular weight excluding hydrogens is 665 g/mol. The van der Waals surface area contributed by atoms with Gasteiger partial charge in [0, 0.05) is 13.0 Å². The summed E-state index contributed by atoms with van der Waals surface area (Å²) in [6.45, 7) is 5.42. The summed E-state index contributed by atoms with van der Waals surface area (Å²) in [5, 5.41) is 9.64. The Hall–Kier alpha value is -0.610. The third-order valence-electron chi connectivity index (χ3n) is 11.7. The van der Waals surface area contributed by atoms with Crippen LogP contribution in [-0.4, -0.2) is 37.0 Å². The summed E-state index contributed by atoms with van der Waals surface area (Å²) < 4.78 is 11.2. The molecule has 4 nitrogen and oxygen atoms in total. The quantitative estimate of drug-likeness (QED) is 0.0495. The molecule has 0 amide bonds. The molecule has 0 aliphatic rings. The van der Waals surface area contributed by atoms with Crippen molar-refractivity contribution in [3.05, 3.63) is 0 Å². The van der Waals surface area contributed by atoms with Crippen LogP contribution in [0.2, 0.25) is 0 Å². The molecule has 1 N–H and O–H groups in total. The van der Waals surface area contributed by atoms with Crippen molar-refractivity contribution in [1.29, 1.82) is 0 Å². The first-order valence-electron chi connectivity index (χ1n) is 25.1. The molecule has 0 aromatic rings. The highest BCUT2D eigenvalue weighted by Crippen LogP contribution is 2.17. The minimum atomic E-state index is -0.526. The highest BCUT2D eigenvalue weighted by atomic mass is 16.6. The Bertz CT molecular complexity index is 682. The first-order chi connectivity index (χ1) is 26.7. The summed E-state index contributed by atoms with van der Waals surface area (Å²) >= 11 is 0. The van der Waals surface area contributed by atoms with E-state index in [1.54, 1.807) is 0 Å². The van der Waals surface area contributed by atoms with Gasteiger partial charge in [-0.25, -0.2) is 0 Å². The SMILES string of the molecule is CCCCCCCCCCCCCCCCCCCCCCCCCCC(=O)OC(CO)COCCCCCCCCCCCCCCCCCCCC. The van der Waals surface area contributed by atoms with Gasteiger partial charge in [-0.15, -0.1) is 0 Å². The number of hydrogen-bond donors (Lipinski definition) is 1. The number of carbonyl (C=O) groups is 1. The van der Waals surface area contributed by atoms with E-state index in [2.05, 4.69) is 13.8 Å². The van der Waals surface area contributed by atoms with Gasteiger partial charge < -0.3 is 14.6 Å². The molecule has 0 aromatic carbocycles. The maximum atomic E-state index is 12.3. The van der Waals surface area contributed by atoms with E-state index in [0.717, 1.165) is 19.3 Å². The van der Waals surface area contributed by atoms with Crippen molar-refractivity contribution >= 4 is 5.97 Å². The van der Waals surface area contributed by atoms with Gasteiger partial charge in [-0.1, -0.05) is 271 Å². The van der Waals surface area contributed by atoms with Crippen molar-refractivity contribution in [2.24, 2.45) is 0 Å². The van der Waals surface area contributed by atoms with Crippen LogP contribution in [0, 0.1) is 0 Å². The topological polar surface area (TPSA) is 55.8 Å². The van der Waals surface area contributed by atoms with E-state index in [1.807, 2.05) is 0 Å². The zero-order valence-corrected chi connectivity index (χ0v) is 37.3. The lowest BCUT2D eigenvalue weighted by Gasteiger charge is -2.16. The molecule has 324 valence electrons. The molecule has 0 saturated carbocycles. The number of unbranched alkanes of at least 4 members (excludes halogenated alkanes) is 40. The van der Waals surface area contributed by atoms with Crippen molar-refractivity contribution in [2.45, 2.75) is 296 Å². The van der Waals surface area contributed by atoms with Crippen LogP contribution in [-0.2, 0) is 14.3 Å². The Kier molecular flexibility index (Phi) is 48.0. The van der Waals surface area contributed by atoms with Crippen LogP contribution >= 0.6 is 0 Å². The highest BCUT2D eigenvalue weighted by Gasteiger charge is 2.13. The Labute approximate surface area is 340 Å². The van der Waals surface area contributed by atoms with Crippen LogP contribution < -0.4 is 0 Å². The molecule has 0 heterocycles. The summed E-state index contributed by atoms with van der Waals surface area (Å²) in [4.78, 5) is 12.3. The summed E-state index contributed by atoms with van der Waals surface area (Å²) in [7, 11) is 0. The van der Waals surface area contributed by atoms with Gasteiger partial charge >= 0.3 is 5.97 Å². The van der Waals surface area contributed by atoms with Gasteiger partial charge in [-0.2, -0.15) is 0 Å². The second-order valence-corrected chi connectivity index (χ2v) is 17.3. The molecule has 54 heavy (non-hydrogen) atoms. The minimum Gasteiger partial charge on any atom is -0.457 e. The molecule has 0 aliphatic carbocycles. The van der Waals surface area contributed by atoms with Gasteiger partial charge in [0.2, 0.25) is 0 Å². The molecule has 0 saturated heterocycles. The van der Waals surface area contributed by atoms with Crippen molar-refractivity contribution in [3.8, 4) is 0 Å². The maximum Gasteiger partial charge on any atom is 0.306 e. The Morgan fingerprint density at radius 3 is 0.870 bits per heavy atom. The predicted molar refractivity (Wildman–Crippen MR) is 238 cm³/mol. The van der Waals surface area contributed by atoms with Crippen LogP contribution in [0.15, 0.2) is 0 Å². The van der Waals surface area contributed by atoms with Crippen LogP contribution in [0.25, 0.3) is 0 Å². The molecular formula is C50H100O4. The molecule has 4 heteroatoms. The smallest absolute Gasteiger partial charge is 0.306 e. The van der Waals surface area contributed by atoms with E-state index in [9.17, 15) is 9.90 Å². The monoisotopic (exact) mass is 765 g/mol. The van der Waals surface area contributed by atoms with Crippen LogP contribution in [0.4, 0.5) is 0 Å². The summed E-state index contributed by atoms with van der Waals surface area (Å²) in [5.74, 6) is -0.190. The minimum absolute atomic E-state index is 0.162. The number of hydrogen-bond acceptors (Lipinski definition) is 4. The zero-order chi connectivity index (χ0) is 39.1. The van der Waals surface area contributed by atoms with Crippen molar-refractivity contribution in [1.82, 2.24) is 0 Å². The van der Waals surface area contributed by atoms with E-state index in [4.69, 9.17) is 9.47 Å². The molecule has 0 rings (SSSR count). The molecule has 0 aliphatic heterocycles. The van der Waals surface area contributed by atoms with Crippen LogP contribution in [0.5, 0.6) is 0 Å². The number of ether oxygens (including phenoxy) is 2. The molecule has 0 spiro atoms. The molecule has 0 radical (unpaired) electrons. The third-order valence-corrected chi connectivity index (χ3v) is 11.7. The largest absolute Gasteiger partial charge is 0.457 e. The maximum absolute atomic E-state index is 12.3. The predicted octanol–water partition coefficient (Wildman–Crippen LogP) is 16.7. The third kappa shape index (κ3) is 45.8. The molecule has 0 aromatic heterocycles. The van der Waals surface area contributed by atoms with E-state index >= 15 is 0 Å². The number of rotatable bonds is 48. The Morgan fingerprint density at radius 2 is 0.611 bits per heavy atom. The first kappa shape index (κ1) is 53.4. The van der Waals surface area contributed by atoms with Crippen LogP contribution in [0.1, 0.15) is 290 Å². The lowest BCUT2D eigenvalue weighted by atomic mass is 10.0. The fraction of sp³-hybridized carbons (Fsp3) is 0.980. The Balaban J connectivity index is 3.32. The van der Waals surface area contributed by atoms with Gasteiger partial charge in [0.05, 0.1) is 13.2 Å². The van der Waals surface area contributed by atoms with E-state index in [0.29, 0.717) is 19.6 Å². The fourth-order valence-corrected chi connectivity index (χ4v) is 7.92. The zero-order valence-electron chi connectivity index (χ0n) is 37.3. The lowest BCUT2D eigenvalue weighted by Crippen LogP contribution is -2.27. The number of aliphatic hydroxyl groups is 1. The van der Waals surface area contributed by atoms with Gasteiger partial charge in [0.1, 0.15) is 6.10 Å². The molecule has 1 atom stereocenters. The van der Waals surface area contributed by atoms with Crippen molar-refractivity contribution < 1.29 is 19.4 Å². The summed E-state index contributed by atoms with van der Waals surface area (Å²) in [6, 6.07) is 0.